The topological polar surface area (TPSA) is 89.1 Å². The molecule has 19 heavy (non-hydrogen) atoms. The van der Waals surface area contributed by atoms with Gasteiger partial charge in [-0.2, -0.15) is 0 Å². The second kappa shape index (κ2) is 5.86. The number of carboxylic acid groups (broad SMARTS) is 1. The minimum atomic E-state index is -1.03. The van der Waals surface area contributed by atoms with E-state index < -0.39 is 5.97 Å². The molecule has 0 fully saturated rings. The van der Waals surface area contributed by atoms with Gasteiger partial charge in [-0.3, -0.25) is 0 Å². The normalized spacial score (nSPS) is 9.79. The lowest BCUT2D eigenvalue weighted by Gasteiger charge is -2.10. The molecular formula is C12H11Cl2N3O2. The zero-order valence-electron chi connectivity index (χ0n) is 9.92. The first-order valence-electron chi connectivity index (χ1n) is 5.13. The van der Waals surface area contributed by atoms with Gasteiger partial charge in [0.25, 0.3) is 0 Å². The number of aromatic nitrogens is 2. The molecule has 2 aromatic rings. The molecular weight excluding hydrogens is 289 g/mol. The molecule has 0 saturated carbocycles. The van der Waals surface area contributed by atoms with Gasteiger partial charge < -0.3 is 10.8 Å². The maximum Gasteiger partial charge on any atom is 0.336 e. The standard InChI is InChI=1S/C12H10ClN3O2.ClH/c1-6-9(15-12(13)16-10(6)14)7-4-2-3-5-8(7)11(17)18;/h2-5H,1H3,(H,17,18)(H2,14,15,16);1H. The second-order valence-corrected chi connectivity index (χ2v) is 4.04. The summed E-state index contributed by atoms with van der Waals surface area (Å²) in [5, 5.41) is 9.14. The number of nitrogens with zero attached hydrogens (tertiary/aromatic N) is 2. The van der Waals surface area contributed by atoms with E-state index in [1.807, 2.05) is 0 Å². The monoisotopic (exact) mass is 299 g/mol. The number of carbonyl (C=O) groups is 1. The van der Waals surface area contributed by atoms with Crippen LogP contribution in [-0.4, -0.2) is 21.0 Å². The lowest BCUT2D eigenvalue weighted by Crippen LogP contribution is -2.04. The van der Waals surface area contributed by atoms with Crippen LogP contribution in [0.3, 0.4) is 0 Å². The van der Waals surface area contributed by atoms with Gasteiger partial charge in [-0.05, 0) is 24.6 Å². The van der Waals surface area contributed by atoms with Gasteiger partial charge in [0.05, 0.1) is 11.3 Å². The molecule has 1 aromatic heterocycles. The summed E-state index contributed by atoms with van der Waals surface area (Å²) in [5.74, 6) is -0.788. The van der Waals surface area contributed by atoms with Crippen molar-refractivity contribution in [3.05, 3.63) is 40.7 Å². The Morgan fingerprint density at radius 1 is 1.32 bits per heavy atom. The van der Waals surface area contributed by atoms with Crippen LogP contribution in [0.2, 0.25) is 5.28 Å². The molecule has 0 aliphatic rings. The highest BCUT2D eigenvalue weighted by molar-refractivity contribution is 6.28. The van der Waals surface area contributed by atoms with Crippen LogP contribution in [0.15, 0.2) is 24.3 Å². The molecule has 3 N–H and O–H groups in total. The number of halogens is 2. The van der Waals surface area contributed by atoms with Gasteiger partial charge in [0.15, 0.2) is 0 Å². The van der Waals surface area contributed by atoms with Crippen molar-refractivity contribution in [3.63, 3.8) is 0 Å². The fourth-order valence-corrected chi connectivity index (χ4v) is 1.82. The third-order valence-corrected chi connectivity index (χ3v) is 2.74. The Kier molecular flexibility index (Phi) is 4.69. The Hall–Kier alpha value is -1.85. The molecule has 0 aliphatic heterocycles. The molecule has 5 nitrogen and oxygen atoms in total. The molecule has 0 aliphatic carbocycles. The van der Waals surface area contributed by atoms with Crippen LogP contribution in [0.25, 0.3) is 11.3 Å². The summed E-state index contributed by atoms with van der Waals surface area (Å²) in [4.78, 5) is 19.0. The van der Waals surface area contributed by atoms with Gasteiger partial charge in [-0.1, -0.05) is 18.2 Å². The molecule has 7 heteroatoms. The zero-order valence-corrected chi connectivity index (χ0v) is 11.5. The number of nitrogen functional groups attached to an aromatic ring is 1. The van der Waals surface area contributed by atoms with Crippen LogP contribution in [0.1, 0.15) is 15.9 Å². The van der Waals surface area contributed by atoms with Crippen LogP contribution in [-0.2, 0) is 0 Å². The van der Waals surface area contributed by atoms with E-state index in [9.17, 15) is 4.79 Å². The Morgan fingerprint density at radius 3 is 2.58 bits per heavy atom. The predicted molar refractivity (Wildman–Crippen MR) is 75.8 cm³/mol. The summed E-state index contributed by atoms with van der Waals surface area (Å²) in [5.41, 5.74) is 7.36. The van der Waals surface area contributed by atoms with Crippen LogP contribution < -0.4 is 5.73 Å². The number of hydrogen-bond acceptors (Lipinski definition) is 4. The third-order valence-electron chi connectivity index (χ3n) is 2.57. The van der Waals surface area contributed by atoms with E-state index in [1.54, 1.807) is 25.1 Å². The van der Waals surface area contributed by atoms with Gasteiger partial charge in [-0.25, -0.2) is 14.8 Å². The van der Waals surface area contributed by atoms with Crippen molar-refractivity contribution in [2.45, 2.75) is 6.92 Å². The molecule has 1 heterocycles. The fourth-order valence-electron chi connectivity index (χ4n) is 1.64. The molecule has 0 atom stereocenters. The van der Waals surface area contributed by atoms with Crippen molar-refractivity contribution in [1.82, 2.24) is 9.97 Å². The highest BCUT2D eigenvalue weighted by Crippen LogP contribution is 2.28. The maximum atomic E-state index is 11.2. The average Bonchev–Trinajstić information content (AvgIpc) is 2.33. The summed E-state index contributed by atoms with van der Waals surface area (Å²) in [7, 11) is 0. The van der Waals surface area contributed by atoms with E-state index in [4.69, 9.17) is 22.4 Å². The minimum absolute atomic E-state index is 0. The second-order valence-electron chi connectivity index (χ2n) is 3.70. The number of anilines is 1. The minimum Gasteiger partial charge on any atom is -0.478 e. The van der Waals surface area contributed by atoms with Crippen LogP contribution >= 0.6 is 24.0 Å². The average molecular weight is 300 g/mol. The lowest BCUT2D eigenvalue weighted by atomic mass is 10.0. The quantitative estimate of drug-likeness (QED) is 0.832. The maximum absolute atomic E-state index is 11.2. The van der Waals surface area contributed by atoms with Crippen LogP contribution in [0.4, 0.5) is 5.82 Å². The van der Waals surface area contributed by atoms with E-state index in [0.29, 0.717) is 16.8 Å². The zero-order chi connectivity index (χ0) is 13.3. The molecule has 0 bridgehead atoms. The van der Waals surface area contributed by atoms with E-state index in [0.717, 1.165) is 0 Å². The van der Waals surface area contributed by atoms with Crippen molar-refractivity contribution in [1.29, 1.82) is 0 Å². The highest BCUT2D eigenvalue weighted by Gasteiger charge is 2.16. The van der Waals surface area contributed by atoms with Crippen molar-refractivity contribution in [3.8, 4) is 11.3 Å². The summed E-state index contributed by atoms with van der Waals surface area (Å²) in [6, 6.07) is 6.54. The summed E-state index contributed by atoms with van der Waals surface area (Å²) in [6.45, 7) is 1.72. The molecule has 0 spiro atoms. The van der Waals surface area contributed by atoms with E-state index in [2.05, 4.69) is 9.97 Å². The summed E-state index contributed by atoms with van der Waals surface area (Å²) >= 11 is 5.75. The number of carboxylic acids is 1. The molecule has 0 amide bonds. The van der Waals surface area contributed by atoms with Crippen molar-refractivity contribution in [2.75, 3.05) is 5.73 Å². The van der Waals surface area contributed by atoms with Gasteiger partial charge in [0, 0.05) is 11.1 Å². The van der Waals surface area contributed by atoms with E-state index in [1.165, 1.54) is 6.07 Å². The number of rotatable bonds is 2. The third kappa shape index (κ3) is 2.94. The molecule has 2 rings (SSSR count). The Morgan fingerprint density at radius 2 is 1.95 bits per heavy atom. The Labute approximate surface area is 120 Å². The number of benzene rings is 1. The molecule has 100 valence electrons. The largest absolute Gasteiger partial charge is 0.478 e. The van der Waals surface area contributed by atoms with E-state index in [-0.39, 0.29) is 29.1 Å². The van der Waals surface area contributed by atoms with Gasteiger partial charge >= 0.3 is 5.97 Å². The first-order valence-corrected chi connectivity index (χ1v) is 5.51. The van der Waals surface area contributed by atoms with Gasteiger partial charge in [0.1, 0.15) is 5.82 Å². The first-order chi connectivity index (χ1) is 8.50. The molecule has 1 aromatic carbocycles. The Balaban J connectivity index is 0.00000180. The first kappa shape index (κ1) is 15.2. The highest BCUT2D eigenvalue weighted by atomic mass is 35.5. The molecule has 0 saturated heterocycles. The van der Waals surface area contributed by atoms with Crippen molar-refractivity contribution in [2.24, 2.45) is 0 Å². The fraction of sp³-hybridized carbons (Fsp3) is 0.0833. The Bertz CT molecular complexity index is 632. The van der Waals surface area contributed by atoms with Crippen LogP contribution in [0.5, 0.6) is 0 Å². The van der Waals surface area contributed by atoms with Gasteiger partial charge in [0.2, 0.25) is 5.28 Å². The summed E-state index contributed by atoms with van der Waals surface area (Å²) < 4.78 is 0. The van der Waals surface area contributed by atoms with Crippen molar-refractivity contribution >= 4 is 35.8 Å². The lowest BCUT2D eigenvalue weighted by molar-refractivity contribution is 0.0697. The van der Waals surface area contributed by atoms with Gasteiger partial charge in [-0.15, -0.1) is 12.4 Å². The number of aromatic carboxylic acids is 1. The molecule has 0 unspecified atom stereocenters. The predicted octanol–water partition coefficient (Wildman–Crippen LogP) is 2.81. The van der Waals surface area contributed by atoms with Crippen molar-refractivity contribution < 1.29 is 9.90 Å². The van der Waals surface area contributed by atoms with E-state index >= 15 is 0 Å². The molecule has 0 radical (unpaired) electrons. The number of hydrogen-bond donors (Lipinski definition) is 2. The summed E-state index contributed by atoms with van der Waals surface area (Å²) in [6.07, 6.45) is 0. The SMILES string of the molecule is Cc1c(N)nc(Cl)nc1-c1ccccc1C(=O)O.Cl. The number of nitrogens with two attached hydrogens (primary N) is 1. The smallest absolute Gasteiger partial charge is 0.336 e. The van der Waals surface area contributed by atoms with Crippen LogP contribution in [0, 0.1) is 6.92 Å².